The summed E-state index contributed by atoms with van der Waals surface area (Å²) >= 11 is 5.92. The second-order valence-corrected chi connectivity index (χ2v) is 7.95. The highest BCUT2D eigenvalue weighted by molar-refractivity contribution is 7.89. The van der Waals surface area contributed by atoms with E-state index in [4.69, 9.17) is 16.3 Å². The lowest BCUT2D eigenvalue weighted by Gasteiger charge is -2.36. The molecule has 1 aliphatic heterocycles. The van der Waals surface area contributed by atoms with Crippen LogP contribution in [0.25, 0.3) is 0 Å². The topological polar surface area (TPSA) is 49.9 Å². The molecule has 0 aromatic heterocycles. The van der Waals surface area contributed by atoms with Crippen molar-refractivity contribution in [3.63, 3.8) is 0 Å². The number of ether oxygens (including phenoxy) is 1. The van der Waals surface area contributed by atoms with Crippen LogP contribution >= 0.6 is 11.6 Å². The predicted octanol–water partition coefficient (Wildman–Crippen LogP) is 3.00. The molecular weight excluding hydrogens is 367 g/mol. The minimum absolute atomic E-state index is 0.0682. The summed E-state index contributed by atoms with van der Waals surface area (Å²) in [7, 11) is -2.15. The van der Waals surface area contributed by atoms with E-state index >= 15 is 0 Å². The average molecular weight is 385 g/mol. The van der Waals surface area contributed by atoms with Crippen LogP contribution in [0.5, 0.6) is 5.75 Å². The third-order valence-corrected chi connectivity index (χ3v) is 6.56. The number of nitrogens with zero attached hydrogens (tertiary/aromatic N) is 2. The van der Waals surface area contributed by atoms with Crippen molar-refractivity contribution in [3.05, 3.63) is 53.3 Å². The van der Waals surface area contributed by atoms with Crippen LogP contribution in [0.4, 0.5) is 10.1 Å². The summed E-state index contributed by atoms with van der Waals surface area (Å²) in [6.45, 7) is 1.68. The first-order valence-corrected chi connectivity index (χ1v) is 9.58. The molecule has 2 aromatic rings. The van der Waals surface area contributed by atoms with Crippen molar-refractivity contribution >= 4 is 27.3 Å². The molecule has 0 aliphatic carbocycles. The van der Waals surface area contributed by atoms with Crippen LogP contribution in [0, 0.1) is 5.82 Å². The monoisotopic (exact) mass is 384 g/mol. The molecule has 3 rings (SSSR count). The van der Waals surface area contributed by atoms with Crippen molar-refractivity contribution in [2.24, 2.45) is 0 Å². The summed E-state index contributed by atoms with van der Waals surface area (Å²) in [5.41, 5.74) is 0.932. The molecule has 1 fully saturated rings. The fraction of sp³-hybridized carbons (Fsp3) is 0.294. The van der Waals surface area contributed by atoms with Gasteiger partial charge < -0.3 is 9.64 Å². The molecule has 1 saturated heterocycles. The minimum atomic E-state index is -3.75. The number of anilines is 1. The Kier molecular flexibility index (Phi) is 5.17. The number of piperazine rings is 1. The number of benzene rings is 2. The van der Waals surface area contributed by atoms with Crippen molar-refractivity contribution in [1.29, 1.82) is 0 Å². The molecule has 0 unspecified atom stereocenters. The van der Waals surface area contributed by atoms with E-state index in [0.29, 0.717) is 26.2 Å². The van der Waals surface area contributed by atoms with Crippen LogP contribution < -0.4 is 9.64 Å². The van der Waals surface area contributed by atoms with E-state index < -0.39 is 15.8 Å². The van der Waals surface area contributed by atoms with Crippen LogP contribution in [-0.4, -0.2) is 46.0 Å². The molecule has 25 heavy (non-hydrogen) atoms. The molecular formula is C17H18ClFN2O3S. The molecule has 0 radical (unpaired) electrons. The van der Waals surface area contributed by atoms with E-state index in [1.807, 2.05) is 24.3 Å². The zero-order valence-electron chi connectivity index (χ0n) is 13.7. The quantitative estimate of drug-likeness (QED) is 0.813. The minimum Gasteiger partial charge on any atom is -0.495 e. The highest BCUT2D eigenvalue weighted by Gasteiger charge is 2.30. The first kappa shape index (κ1) is 18.0. The Hall–Kier alpha value is -1.83. The lowest BCUT2D eigenvalue weighted by Crippen LogP contribution is -2.48. The number of hydrogen-bond acceptors (Lipinski definition) is 4. The fourth-order valence-corrected chi connectivity index (χ4v) is 4.81. The molecule has 0 bridgehead atoms. The summed E-state index contributed by atoms with van der Waals surface area (Å²) < 4.78 is 45.4. The van der Waals surface area contributed by atoms with Crippen molar-refractivity contribution in [3.8, 4) is 5.75 Å². The summed E-state index contributed by atoms with van der Waals surface area (Å²) in [5, 5.41) is -0.104. The Morgan fingerprint density at radius 2 is 1.76 bits per heavy atom. The van der Waals surface area contributed by atoms with E-state index in [2.05, 4.69) is 4.90 Å². The van der Waals surface area contributed by atoms with Gasteiger partial charge in [0.05, 0.1) is 17.8 Å². The number of sulfonamides is 1. The molecule has 8 heteroatoms. The Morgan fingerprint density at radius 3 is 2.40 bits per heavy atom. The van der Waals surface area contributed by atoms with Gasteiger partial charge in [-0.15, -0.1) is 0 Å². The van der Waals surface area contributed by atoms with Crippen LogP contribution in [0.15, 0.2) is 47.4 Å². The Labute approximate surface area is 151 Å². The molecule has 5 nitrogen and oxygen atoms in total. The van der Waals surface area contributed by atoms with Gasteiger partial charge >= 0.3 is 0 Å². The lowest BCUT2D eigenvalue weighted by molar-refractivity contribution is 0.378. The van der Waals surface area contributed by atoms with Crippen LogP contribution in [0.3, 0.4) is 0 Å². The Balaban J connectivity index is 1.77. The Bertz CT molecular complexity index is 868. The van der Waals surface area contributed by atoms with Crippen molar-refractivity contribution < 1.29 is 17.5 Å². The smallest absolute Gasteiger partial charge is 0.244 e. The number of halogens is 2. The molecule has 0 atom stereocenters. The van der Waals surface area contributed by atoms with Crippen molar-refractivity contribution in [2.45, 2.75) is 4.90 Å². The average Bonchev–Trinajstić information content (AvgIpc) is 2.61. The Morgan fingerprint density at radius 1 is 1.08 bits per heavy atom. The maximum atomic E-state index is 13.2. The van der Waals surface area contributed by atoms with E-state index in [1.165, 1.54) is 10.4 Å². The maximum absolute atomic E-state index is 13.2. The first-order chi connectivity index (χ1) is 11.9. The van der Waals surface area contributed by atoms with Gasteiger partial charge in [-0.3, -0.25) is 0 Å². The van der Waals surface area contributed by atoms with Gasteiger partial charge in [-0.2, -0.15) is 4.31 Å². The molecule has 0 spiro atoms. The van der Waals surface area contributed by atoms with Gasteiger partial charge in [-0.25, -0.2) is 12.8 Å². The van der Waals surface area contributed by atoms with E-state index in [-0.39, 0.29) is 9.92 Å². The van der Waals surface area contributed by atoms with Gasteiger partial charge in [0.2, 0.25) is 10.0 Å². The number of para-hydroxylation sites is 2. The van der Waals surface area contributed by atoms with Gasteiger partial charge in [0.15, 0.2) is 0 Å². The third kappa shape index (κ3) is 3.58. The van der Waals surface area contributed by atoms with E-state index in [0.717, 1.165) is 23.6 Å². The second kappa shape index (κ2) is 7.19. The van der Waals surface area contributed by atoms with Gasteiger partial charge in [-0.05, 0) is 30.3 Å². The normalized spacial score (nSPS) is 16.0. The summed E-state index contributed by atoms with van der Waals surface area (Å²) in [4.78, 5) is 2.01. The standard InChI is InChI=1S/C17H18ClFN2O3S/c1-24-16-5-3-2-4-15(16)20-8-10-21(11-9-20)25(22,23)17-7-6-13(19)12-14(17)18/h2-7,12H,8-11H2,1H3. The zero-order chi connectivity index (χ0) is 18.0. The molecule has 2 aromatic carbocycles. The molecule has 1 heterocycles. The summed E-state index contributed by atoms with van der Waals surface area (Å²) in [6, 6.07) is 10.9. The van der Waals surface area contributed by atoms with Crippen molar-refractivity contribution in [2.75, 3.05) is 38.2 Å². The fourth-order valence-electron chi connectivity index (χ4n) is 2.88. The van der Waals surface area contributed by atoms with Gasteiger partial charge in [-0.1, -0.05) is 23.7 Å². The van der Waals surface area contributed by atoms with Crippen LogP contribution in [0.2, 0.25) is 5.02 Å². The van der Waals surface area contributed by atoms with E-state index in [9.17, 15) is 12.8 Å². The largest absolute Gasteiger partial charge is 0.495 e. The van der Waals surface area contributed by atoms with Gasteiger partial charge in [0, 0.05) is 26.2 Å². The second-order valence-electron chi connectivity index (χ2n) is 5.64. The van der Waals surface area contributed by atoms with Crippen LogP contribution in [0.1, 0.15) is 0 Å². The maximum Gasteiger partial charge on any atom is 0.244 e. The van der Waals surface area contributed by atoms with E-state index in [1.54, 1.807) is 7.11 Å². The molecule has 1 aliphatic rings. The summed E-state index contributed by atoms with van der Waals surface area (Å²) in [6.07, 6.45) is 0. The van der Waals surface area contributed by atoms with Crippen molar-refractivity contribution in [1.82, 2.24) is 4.31 Å². The molecule has 0 saturated carbocycles. The molecule has 134 valence electrons. The van der Waals surface area contributed by atoms with Crippen LogP contribution in [-0.2, 0) is 10.0 Å². The molecule has 0 N–H and O–H groups in total. The third-order valence-electron chi connectivity index (χ3n) is 4.18. The molecule has 0 amide bonds. The number of hydrogen-bond donors (Lipinski definition) is 0. The highest BCUT2D eigenvalue weighted by Crippen LogP contribution is 2.30. The lowest BCUT2D eigenvalue weighted by atomic mass is 10.2. The summed E-state index contributed by atoms with van der Waals surface area (Å²) in [5.74, 6) is 0.185. The number of methoxy groups -OCH3 is 1. The predicted molar refractivity (Wildman–Crippen MR) is 95.4 cm³/mol. The SMILES string of the molecule is COc1ccccc1N1CCN(S(=O)(=O)c2ccc(F)cc2Cl)CC1. The van der Waals surface area contributed by atoms with Gasteiger partial charge in [0.25, 0.3) is 0 Å². The zero-order valence-corrected chi connectivity index (χ0v) is 15.2. The highest BCUT2D eigenvalue weighted by atomic mass is 35.5. The number of rotatable bonds is 4. The van der Waals surface area contributed by atoms with Gasteiger partial charge in [0.1, 0.15) is 16.5 Å². The first-order valence-electron chi connectivity index (χ1n) is 7.76.